The number of amides is 2. The van der Waals surface area contributed by atoms with Gasteiger partial charge in [-0.05, 0) is 25.1 Å². The van der Waals surface area contributed by atoms with Crippen LogP contribution >= 0.6 is 11.3 Å². The van der Waals surface area contributed by atoms with Crippen LogP contribution in [0.15, 0.2) is 41.9 Å². The molecule has 0 saturated heterocycles. The van der Waals surface area contributed by atoms with Crippen molar-refractivity contribution in [1.29, 1.82) is 0 Å². The highest BCUT2D eigenvalue weighted by atomic mass is 32.1. The number of ether oxygens (including phenoxy) is 2. The minimum atomic E-state index is -0.791. The number of hydrogen-bond acceptors (Lipinski definition) is 6. The molecule has 3 aromatic rings. The van der Waals surface area contributed by atoms with E-state index in [-0.39, 0.29) is 5.91 Å². The van der Waals surface area contributed by atoms with Gasteiger partial charge in [-0.2, -0.15) is 0 Å². The quantitative estimate of drug-likeness (QED) is 0.638. The summed E-state index contributed by atoms with van der Waals surface area (Å²) >= 11 is 1.27. The number of thiazole rings is 1. The first-order valence-corrected chi connectivity index (χ1v) is 9.06. The molecule has 2 aromatic heterocycles. The Morgan fingerprint density at radius 2 is 2.00 bits per heavy atom. The Morgan fingerprint density at radius 3 is 2.70 bits per heavy atom. The van der Waals surface area contributed by atoms with Crippen LogP contribution in [0.1, 0.15) is 17.4 Å². The van der Waals surface area contributed by atoms with Crippen molar-refractivity contribution < 1.29 is 19.1 Å². The lowest BCUT2D eigenvalue weighted by molar-refractivity contribution is -0.128. The number of nitrogens with one attached hydrogen (secondary N) is 2. The Labute approximate surface area is 158 Å². The molecule has 3 heterocycles. The third-order valence-corrected chi connectivity index (χ3v) is 4.84. The largest absolute Gasteiger partial charge is 0.482 e. The van der Waals surface area contributed by atoms with E-state index >= 15 is 0 Å². The monoisotopic (exact) mass is 384 g/mol. The Balaban J connectivity index is 1.47. The number of anilines is 1. The van der Waals surface area contributed by atoms with Gasteiger partial charge in [0, 0.05) is 17.1 Å². The molecule has 27 heavy (non-hydrogen) atoms. The van der Waals surface area contributed by atoms with Gasteiger partial charge in [0.05, 0.1) is 5.69 Å². The molecule has 4 N–H and O–H groups in total. The summed E-state index contributed by atoms with van der Waals surface area (Å²) in [5.74, 6) is 0.253. The summed E-state index contributed by atoms with van der Waals surface area (Å²) in [7, 11) is 0. The van der Waals surface area contributed by atoms with Crippen molar-refractivity contribution in [1.82, 2.24) is 9.97 Å². The molecule has 0 bridgehead atoms. The van der Waals surface area contributed by atoms with Crippen molar-refractivity contribution in [2.75, 3.05) is 5.32 Å². The zero-order valence-electron chi connectivity index (χ0n) is 14.3. The molecule has 9 heteroatoms. The maximum atomic E-state index is 12.6. The molecule has 4 rings (SSSR count). The van der Waals surface area contributed by atoms with Gasteiger partial charge >= 0.3 is 0 Å². The molecule has 2 atom stereocenters. The average Bonchev–Trinajstić information content (AvgIpc) is 3.30. The fraction of sp³-hybridized carbons (Fsp3) is 0.167. The van der Waals surface area contributed by atoms with Crippen molar-refractivity contribution >= 4 is 28.3 Å². The molecule has 0 radical (unpaired) electrons. The number of benzene rings is 1. The number of hydrogen-bond donors (Lipinski definition) is 3. The number of nitrogens with zero attached hydrogens (tertiary/aromatic N) is 1. The molecule has 1 aromatic carbocycles. The number of nitrogens with two attached hydrogens (primary N) is 1. The second kappa shape index (κ2) is 6.76. The van der Waals surface area contributed by atoms with Gasteiger partial charge in [0.15, 0.2) is 16.6 Å². The van der Waals surface area contributed by atoms with E-state index in [0.717, 1.165) is 0 Å². The number of rotatable bonds is 4. The fourth-order valence-corrected chi connectivity index (χ4v) is 3.45. The van der Waals surface area contributed by atoms with Gasteiger partial charge in [0.2, 0.25) is 6.10 Å². The second-order valence-corrected chi connectivity index (χ2v) is 6.86. The second-order valence-electron chi connectivity index (χ2n) is 6.00. The minimum Gasteiger partial charge on any atom is -0.482 e. The molecule has 0 saturated carbocycles. The molecule has 0 spiro atoms. The third kappa shape index (κ3) is 3.36. The predicted octanol–water partition coefficient (Wildman–Crippen LogP) is 2.40. The van der Waals surface area contributed by atoms with Crippen LogP contribution in [-0.2, 0) is 4.79 Å². The van der Waals surface area contributed by atoms with Crippen LogP contribution in [0.25, 0.3) is 11.3 Å². The van der Waals surface area contributed by atoms with E-state index in [0.29, 0.717) is 33.6 Å². The molecule has 1 aliphatic heterocycles. The number of primary amides is 1. The summed E-state index contributed by atoms with van der Waals surface area (Å²) < 4.78 is 11.5. The van der Waals surface area contributed by atoms with Gasteiger partial charge in [-0.25, -0.2) is 4.98 Å². The van der Waals surface area contributed by atoms with Crippen molar-refractivity contribution in [3.63, 3.8) is 0 Å². The lowest BCUT2D eigenvalue weighted by Crippen LogP contribution is -2.46. The van der Waals surface area contributed by atoms with Crippen LogP contribution < -0.4 is 20.5 Å². The number of para-hydroxylation sites is 2. The molecule has 0 fully saturated rings. The summed E-state index contributed by atoms with van der Waals surface area (Å²) in [5, 5.41) is 4.96. The lowest BCUT2D eigenvalue weighted by Gasteiger charge is -2.30. The fourth-order valence-electron chi connectivity index (χ4n) is 2.73. The summed E-state index contributed by atoms with van der Waals surface area (Å²) in [6.07, 6.45) is 0.404. The highest BCUT2D eigenvalue weighted by molar-refractivity contribution is 7.14. The van der Waals surface area contributed by atoms with Crippen LogP contribution in [0.3, 0.4) is 0 Å². The minimum absolute atomic E-state index is 0.295. The predicted molar refractivity (Wildman–Crippen MR) is 100.0 cm³/mol. The van der Waals surface area contributed by atoms with Crippen LogP contribution in [0.5, 0.6) is 11.5 Å². The molecule has 2 unspecified atom stereocenters. The summed E-state index contributed by atoms with van der Waals surface area (Å²) in [5.41, 5.74) is 6.86. The number of H-pyrrole nitrogens is 1. The summed E-state index contributed by atoms with van der Waals surface area (Å²) in [4.78, 5) is 31.0. The zero-order chi connectivity index (χ0) is 19.0. The molecule has 8 nitrogen and oxygen atoms in total. The Bertz CT molecular complexity index is 1010. The van der Waals surface area contributed by atoms with Crippen molar-refractivity contribution in [2.24, 2.45) is 5.73 Å². The molecule has 1 aliphatic rings. The highest BCUT2D eigenvalue weighted by Crippen LogP contribution is 2.34. The molecule has 2 amide bonds. The number of carbonyl (C=O) groups is 2. The maximum Gasteiger partial charge on any atom is 0.271 e. The number of carbonyl (C=O) groups excluding carboxylic acids is 2. The Morgan fingerprint density at radius 1 is 1.26 bits per heavy atom. The van der Waals surface area contributed by atoms with Crippen LogP contribution in [0.2, 0.25) is 0 Å². The van der Waals surface area contributed by atoms with Crippen LogP contribution in [0, 0.1) is 0 Å². The number of fused-ring (bicyclic) bond motifs is 1. The van der Waals surface area contributed by atoms with E-state index in [2.05, 4.69) is 15.3 Å². The molecule has 0 aliphatic carbocycles. The lowest BCUT2D eigenvalue weighted by atomic mass is 10.1. The first-order valence-electron chi connectivity index (χ1n) is 8.18. The van der Waals surface area contributed by atoms with Gasteiger partial charge in [0.1, 0.15) is 11.8 Å². The SMILES string of the molecule is CC1Oc2ccccc2OC1C(=O)Nc1nc(-c2c[nH]c(C(N)=O)c2)cs1. The number of aromatic nitrogens is 2. The van der Waals surface area contributed by atoms with E-state index in [1.807, 2.05) is 12.1 Å². The molecular formula is C18H16N4O4S. The van der Waals surface area contributed by atoms with E-state index in [1.54, 1.807) is 36.7 Å². The normalized spacial score (nSPS) is 18.1. The Kier molecular flexibility index (Phi) is 4.28. The number of aromatic amines is 1. The van der Waals surface area contributed by atoms with Gasteiger partial charge in [-0.15, -0.1) is 11.3 Å². The summed E-state index contributed by atoms with van der Waals surface area (Å²) in [6, 6.07) is 8.82. The zero-order valence-corrected chi connectivity index (χ0v) is 15.1. The van der Waals surface area contributed by atoms with Crippen LogP contribution in [0.4, 0.5) is 5.13 Å². The van der Waals surface area contributed by atoms with Gasteiger partial charge < -0.3 is 20.2 Å². The van der Waals surface area contributed by atoms with E-state index in [9.17, 15) is 9.59 Å². The average molecular weight is 384 g/mol. The van der Waals surface area contributed by atoms with Gasteiger partial charge in [0.25, 0.3) is 11.8 Å². The molecular weight excluding hydrogens is 368 g/mol. The van der Waals surface area contributed by atoms with Crippen molar-refractivity contribution in [3.05, 3.63) is 47.6 Å². The smallest absolute Gasteiger partial charge is 0.271 e. The van der Waals surface area contributed by atoms with Gasteiger partial charge in [-0.1, -0.05) is 12.1 Å². The Hall–Kier alpha value is -3.33. The standard InChI is InChI=1S/C18H16N4O4S/c1-9-15(26-14-5-3-2-4-13(14)25-9)17(24)22-18-21-12(8-27-18)10-6-11(16(19)23)20-7-10/h2-9,15,20H,1H3,(H2,19,23)(H,21,22,24). The van der Waals surface area contributed by atoms with Crippen molar-refractivity contribution in [2.45, 2.75) is 19.1 Å². The van der Waals surface area contributed by atoms with Crippen molar-refractivity contribution in [3.8, 4) is 22.8 Å². The molecule has 138 valence electrons. The van der Waals surface area contributed by atoms with Crippen LogP contribution in [-0.4, -0.2) is 34.0 Å². The van der Waals surface area contributed by atoms with E-state index in [1.165, 1.54) is 11.3 Å². The first-order chi connectivity index (χ1) is 13.0. The first kappa shape index (κ1) is 17.1. The topological polar surface area (TPSA) is 119 Å². The van der Waals surface area contributed by atoms with E-state index < -0.39 is 18.1 Å². The van der Waals surface area contributed by atoms with E-state index in [4.69, 9.17) is 15.2 Å². The highest BCUT2D eigenvalue weighted by Gasteiger charge is 2.34. The third-order valence-electron chi connectivity index (χ3n) is 4.08. The maximum absolute atomic E-state index is 12.6. The van der Waals surface area contributed by atoms with Gasteiger partial charge in [-0.3, -0.25) is 14.9 Å². The summed E-state index contributed by atoms with van der Waals surface area (Å²) in [6.45, 7) is 1.78.